The number of oxazole rings is 1. The van der Waals surface area contributed by atoms with Crippen LogP contribution in [0.2, 0.25) is 0 Å². The van der Waals surface area contributed by atoms with Gasteiger partial charge in [-0.05, 0) is 36.0 Å². The molecule has 10 heteroatoms. The number of nitrogens with zero attached hydrogens (tertiary/aromatic N) is 2. The molecule has 0 saturated carbocycles. The van der Waals surface area contributed by atoms with Crippen LogP contribution in [0.4, 0.5) is 13.2 Å². The molecule has 1 aliphatic heterocycles. The van der Waals surface area contributed by atoms with Crippen molar-refractivity contribution in [3.63, 3.8) is 0 Å². The maximum absolute atomic E-state index is 12.5. The summed E-state index contributed by atoms with van der Waals surface area (Å²) in [5, 5.41) is 0. The first-order valence-corrected chi connectivity index (χ1v) is 10.1. The zero-order valence-electron chi connectivity index (χ0n) is 13.9. The van der Waals surface area contributed by atoms with Gasteiger partial charge in [-0.25, -0.2) is 13.4 Å². The summed E-state index contributed by atoms with van der Waals surface area (Å²) in [5.74, 6) is -0.0237. The Labute approximate surface area is 152 Å². The van der Waals surface area contributed by atoms with E-state index in [0.717, 1.165) is 0 Å². The van der Waals surface area contributed by atoms with Crippen molar-refractivity contribution >= 4 is 38.4 Å². The zero-order valence-corrected chi connectivity index (χ0v) is 15.5. The van der Waals surface area contributed by atoms with Gasteiger partial charge in [-0.15, -0.1) is 0 Å². The third-order valence-corrected chi connectivity index (χ3v) is 6.25. The molecule has 3 rings (SSSR count). The number of hydrogen-bond donors (Lipinski definition) is 0. The van der Waals surface area contributed by atoms with E-state index in [2.05, 4.69) is 4.98 Å². The molecule has 140 valence electrons. The quantitative estimate of drug-likeness (QED) is 0.717. The third kappa shape index (κ3) is 3.75. The molecular formula is C16H15F3N2O3S2. The topological polar surface area (TPSA) is 63.4 Å². The van der Waals surface area contributed by atoms with E-state index in [1.165, 1.54) is 31.2 Å². The van der Waals surface area contributed by atoms with Gasteiger partial charge in [0.1, 0.15) is 11.2 Å². The zero-order chi connectivity index (χ0) is 19.1. The molecule has 0 unspecified atom stereocenters. The Kier molecular flexibility index (Phi) is 4.82. The number of hydrogen-bond acceptors (Lipinski definition) is 6. The van der Waals surface area contributed by atoms with Gasteiger partial charge >= 0.3 is 5.51 Å². The normalized spacial score (nSPS) is 16.0. The fraction of sp³-hybridized carbons (Fsp3) is 0.312. The molecule has 26 heavy (non-hydrogen) atoms. The predicted octanol–water partition coefficient (Wildman–Crippen LogP) is 4.04. The van der Waals surface area contributed by atoms with Crippen LogP contribution in [0.3, 0.4) is 0 Å². The van der Waals surface area contributed by atoms with E-state index >= 15 is 0 Å². The second kappa shape index (κ2) is 6.66. The number of aromatic nitrogens is 1. The van der Waals surface area contributed by atoms with Gasteiger partial charge in [-0.3, -0.25) is 0 Å². The van der Waals surface area contributed by atoms with E-state index in [1.54, 1.807) is 18.0 Å². The van der Waals surface area contributed by atoms with Crippen LogP contribution in [0.1, 0.15) is 12.8 Å². The van der Waals surface area contributed by atoms with Gasteiger partial charge in [-0.2, -0.15) is 13.2 Å². The van der Waals surface area contributed by atoms with Crippen molar-refractivity contribution in [3.05, 3.63) is 41.1 Å². The van der Waals surface area contributed by atoms with Gasteiger partial charge in [0, 0.05) is 18.5 Å². The van der Waals surface area contributed by atoms with Crippen LogP contribution in [0.25, 0.3) is 16.8 Å². The van der Waals surface area contributed by atoms with Gasteiger partial charge in [-0.1, -0.05) is 13.0 Å². The number of allylic oxidation sites excluding steroid dienone is 1. The van der Waals surface area contributed by atoms with E-state index < -0.39 is 15.3 Å². The number of halogens is 3. The largest absolute Gasteiger partial charge is 0.446 e. The van der Waals surface area contributed by atoms with E-state index in [9.17, 15) is 21.6 Å². The third-order valence-electron chi connectivity index (χ3n) is 3.77. The lowest BCUT2D eigenvalue weighted by atomic mass is 10.2. The molecule has 2 heterocycles. The van der Waals surface area contributed by atoms with Gasteiger partial charge in [0.2, 0.25) is 5.89 Å². The van der Waals surface area contributed by atoms with Crippen molar-refractivity contribution in [2.45, 2.75) is 17.3 Å². The molecule has 0 fully saturated rings. The van der Waals surface area contributed by atoms with Crippen molar-refractivity contribution in [1.82, 2.24) is 9.88 Å². The molecule has 0 amide bonds. The average molecular weight is 404 g/mol. The van der Waals surface area contributed by atoms with Crippen molar-refractivity contribution in [3.8, 4) is 0 Å². The number of thioether (sulfide) groups is 1. The summed E-state index contributed by atoms with van der Waals surface area (Å²) in [7, 11) is -1.82. The van der Waals surface area contributed by atoms with Gasteiger partial charge in [0.05, 0.1) is 10.7 Å². The SMILES string of the molecule is CCS(=O)(=O)C1=C(c2nc3cc(SC(F)(F)F)ccc3o2)N(C)CC=C1. The molecule has 0 saturated heterocycles. The average Bonchev–Trinajstić information content (AvgIpc) is 2.95. The summed E-state index contributed by atoms with van der Waals surface area (Å²) in [6.45, 7) is 2.00. The van der Waals surface area contributed by atoms with E-state index in [-0.39, 0.29) is 44.3 Å². The molecule has 0 atom stereocenters. The molecule has 0 N–H and O–H groups in total. The molecular weight excluding hydrogens is 389 g/mol. The van der Waals surface area contributed by atoms with Crippen LogP contribution in [0, 0.1) is 0 Å². The van der Waals surface area contributed by atoms with Crippen molar-refractivity contribution in [2.75, 3.05) is 19.3 Å². The monoisotopic (exact) mass is 404 g/mol. The Morgan fingerprint density at radius 3 is 2.73 bits per heavy atom. The second-order valence-electron chi connectivity index (χ2n) is 5.60. The summed E-state index contributed by atoms with van der Waals surface area (Å²) >= 11 is -0.242. The molecule has 1 aromatic heterocycles. The van der Waals surface area contributed by atoms with Crippen LogP contribution >= 0.6 is 11.8 Å². The highest BCUT2D eigenvalue weighted by molar-refractivity contribution is 8.00. The maximum Gasteiger partial charge on any atom is 0.446 e. The summed E-state index contributed by atoms with van der Waals surface area (Å²) in [4.78, 5) is 5.98. The summed E-state index contributed by atoms with van der Waals surface area (Å²) in [5.41, 5.74) is -3.58. The summed E-state index contributed by atoms with van der Waals surface area (Å²) < 4.78 is 68.0. The molecule has 1 aliphatic rings. The Bertz CT molecular complexity index is 1010. The first-order chi connectivity index (χ1) is 12.1. The standard InChI is InChI=1S/C16H15F3N2O3S2/c1-3-26(22,23)13-5-4-8-21(2)14(13)15-20-11-9-10(25-16(17,18)19)6-7-12(11)24-15/h4-7,9H,3,8H2,1-2H3. The van der Waals surface area contributed by atoms with E-state index in [4.69, 9.17) is 4.42 Å². The number of benzene rings is 1. The van der Waals surface area contributed by atoms with E-state index in [1.807, 2.05) is 0 Å². The highest BCUT2D eigenvalue weighted by Crippen LogP contribution is 2.38. The van der Waals surface area contributed by atoms with Crippen LogP contribution in [-0.4, -0.2) is 43.2 Å². The summed E-state index contributed by atoms with van der Waals surface area (Å²) in [6.07, 6.45) is 3.22. The minimum atomic E-state index is -4.40. The predicted molar refractivity (Wildman–Crippen MR) is 94.1 cm³/mol. The lowest BCUT2D eigenvalue weighted by molar-refractivity contribution is -0.0328. The minimum Gasteiger partial charge on any atom is -0.435 e. The van der Waals surface area contributed by atoms with Crippen molar-refractivity contribution < 1.29 is 26.0 Å². The Morgan fingerprint density at radius 1 is 1.35 bits per heavy atom. The Morgan fingerprint density at radius 2 is 2.08 bits per heavy atom. The summed E-state index contributed by atoms with van der Waals surface area (Å²) in [6, 6.07) is 3.96. The number of rotatable bonds is 4. The maximum atomic E-state index is 12.5. The molecule has 1 aromatic carbocycles. The Hall–Kier alpha value is -1.94. The highest BCUT2D eigenvalue weighted by atomic mass is 32.2. The second-order valence-corrected chi connectivity index (χ2v) is 8.98. The highest BCUT2D eigenvalue weighted by Gasteiger charge is 2.30. The smallest absolute Gasteiger partial charge is 0.435 e. The number of likely N-dealkylation sites (N-methyl/N-ethyl adjacent to an activating group) is 1. The van der Waals surface area contributed by atoms with Crippen molar-refractivity contribution in [2.24, 2.45) is 0 Å². The molecule has 0 aliphatic carbocycles. The van der Waals surface area contributed by atoms with Crippen LogP contribution in [-0.2, 0) is 9.84 Å². The first kappa shape index (κ1) is 18.8. The molecule has 5 nitrogen and oxygen atoms in total. The van der Waals surface area contributed by atoms with Crippen LogP contribution in [0.5, 0.6) is 0 Å². The number of sulfone groups is 1. The lowest BCUT2D eigenvalue weighted by Gasteiger charge is -2.24. The molecule has 0 spiro atoms. The molecule has 2 aromatic rings. The number of alkyl halides is 3. The minimum absolute atomic E-state index is 0.0165. The fourth-order valence-corrected chi connectivity index (χ4v) is 4.28. The van der Waals surface area contributed by atoms with Crippen LogP contribution in [0.15, 0.2) is 44.6 Å². The van der Waals surface area contributed by atoms with Crippen molar-refractivity contribution in [1.29, 1.82) is 0 Å². The fourth-order valence-electron chi connectivity index (χ4n) is 2.56. The first-order valence-electron chi connectivity index (χ1n) is 7.62. The van der Waals surface area contributed by atoms with E-state index in [0.29, 0.717) is 12.2 Å². The Balaban J connectivity index is 2.12. The van der Waals surface area contributed by atoms with Gasteiger partial charge in [0.15, 0.2) is 15.4 Å². The lowest BCUT2D eigenvalue weighted by Crippen LogP contribution is -2.24. The van der Waals surface area contributed by atoms with Gasteiger partial charge < -0.3 is 9.32 Å². The molecule has 0 radical (unpaired) electrons. The van der Waals surface area contributed by atoms with Crippen LogP contribution < -0.4 is 0 Å². The molecule has 0 bridgehead atoms. The number of fused-ring (bicyclic) bond motifs is 1. The van der Waals surface area contributed by atoms with Gasteiger partial charge in [0.25, 0.3) is 0 Å².